The van der Waals surface area contributed by atoms with Crippen LogP contribution in [-0.4, -0.2) is 79.2 Å². The molecule has 2 aromatic heterocycles. The number of aromatic nitrogens is 3. The van der Waals surface area contributed by atoms with E-state index in [1.54, 1.807) is 21.6 Å². The van der Waals surface area contributed by atoms with E-state index < -0.39 is 29.2 Å². The van der Waals surface area contributed by atoms with Gasteiger partial charge in [0.15, 0.2) is 29.4 Å². The standard InChI is InChI=1S/C19H22N8O6S2/c1-33-24-12(10-8-35-19(21)22-10)15(29)23-13-16(30)27-14(18(31)32)9(7-34-17(13)27)6-25-3-2-11(20)26(25)4-5-28/h2-3,8,13,17,20,28H,4-7H2,1H3,(H4,21,22,23,29,31,32)/p+1/b24-12-/t13-,17-/m1/s1. The van der Waals surface area contributed by atoms with E-state index in [-0.39, 0.29) is 41.9 Å². The third-order valence-corrected chi connectivity index (χ3v) is 7.40. The van der Waals surface area contributed by atoms with E-state index in [4.69, 9.17) is 16.3 Å². The Morgan fingerprint density at radius 1 is 1.43 bits per heavy atom. The number of carboxylic acid groups (broad SMARTS) is 1. The zero-order valence-electron chi connectivity index (χ0n) is 18.4. The molecule has 2 aliphatic rings. The number of aliphatic hydroxyl groups excluding tert-OH is 1. The number of nitrogens with one attached hydrogen (secondary N) is 1. The molecule has 35 heavy (non-hydrogen) atoms. The Hall–Kier alpha value is -3.63. The van der Waals surface area contributed by atoms with Gasteiger partial charge in [-0.1, -0.05) is 5.16 Å². The number of hydrogen-bond acceptors (Lipinski definition) is 11. The number of β-lactam (4-membered cyclic amide) rings is 1. The number of thiazole rings is 1. The largest absolute Gasteiger partial charge is 0.477 e. The van der Waals surface area contributed by atoms with E-state index >= 15 is 0 Å². The van der Waals surface area contributed by atoms with Gasteiger partial charge in [-0.25, -0.2) is 9.78 Å². The molecule has 2 aliphatic heterocycles. The zero-order valence-corrected chi connectivity index (χ0v) is 20.1. The van der Waals surface area contributed by atoms with Crippen molar-refractivity contribution in [1.82, 2.24) is 19.9 Å². The fourth-order valence-electron chi connectivity index (χ4n) is 3.87. The number of oxime groups is 1. The number of aliphatic carboxylic acids is 1. The number of rotatable bonds is 9. The molecule has 1 saturated heterocycles. The number of nitrogens with two attached hydrogens (primary N) is 2. The molecule has 7 N–H and O–H groups in total. The lowest BCUT2D eigenvalue weighted by atomic mass is 10.0. The molecule has 1 fully saturated rings. The summed E-state index contributed by atoms with van der Waals surface area (Å²) in [6, 6.07) is 0.688. The molecule has 0 spiro atoms. The number of nitrogen functional groups attached to an aromatic ring is 2. The van der Waals surface area contributed by atoms with Crippen LogP contribution >= 0.6 is 23.1 Å². The van der Waals surface area contributed by atoms with Crippen molar-refractivity contribution < 1.29 is 34.1 Å². The number of anilines is 2. The number of hydrogen-bond donors (Lipinski definition) is 5. The van der Waals surface area contributed by atoms with Crippen LogP contribution in [0.4, 0.5) is 10.9 Å². The summed E-state index contributed by atoms with van der Waals surface area (Å²) in [7, 11) is 1.27. The average Bonchev–Trinajstić information content (AvgIpc) is 3.41. The Bertz CT molecular complexity index is 1240. The van der Waals surface area contributed by atoms with Gasteiger partial charge in [-0.05, 0) is 0 Å². The van der Waals surface area contributed by atoms with Crippen LogP contribution in [0.1, 0.15) is 5.69 Å². The van der Waals surface area contributed by atoms with Crippen LogP contribution in [0, 0.1) is 0 Å². The highest BCUT2D eigenvalue weighted by Crippen LogP contribution is 2.40. The summed E-state index contributed by atoms with van der Waals surface area (Å²) in [5.74, 6) is -1.79. The first-order chi connectivity index (χ1) is 16.8. The predicted molar refractivity (Wildman–Crippen MR) is 126 cm³/mol. The third kappa shape index (κ3) is 4.54. The van der Waals surface area contributed by atoms with Crippen LogP contribution in [0.15, 0.2) is 34.1 Å². The second-order valence-corrected chi connectivity index (χ2v) is 9.49. The van der Waals surface area contributed by atoms with E-state index in [1.807, 2.05) is 0 Å². The number of thioether (sulfide) groups is 1. The fourth-order valence-corrected chi connectivity index (χ4v) is 5.75. The SMILES string of the molecule is CO/N=C(\C(=O)N[C@@H]1C(=O)N2C(C(=O)O)=C(C[n+]3ccc(N)n3CCO)CS[C@H]12)c1csc(N)n1. The number of amides is 2. The Kier molecular flexibility index (Phi) is 6.95. The van der Waals surface area contributed by atoms with Crippen LogP contribution in [0.25, 0.3) is 0 Å². The minimum absolute atomic E-state index is 0.134. The van der Waals surface area contributed by atoms with Crippen molar-refractivity contribution in [2.75, 3.05) is 30.9 Å². The van der Waals surface area contributed by atoms with Crippen molar-refractivity contribution in [1.29, 1.82) is 0 Å². The molecule has 2 amide bonds. The first-order valence-electron chi connectivity index (χ1n) is 10.3. The molecule has 186 valence electrons. The van der Waals surface area contributed by atoms with Gasteiger partial charge in [0.05, 0.1) is 12.7 Å². The van der Waals surface area contributed by atoms with Crippen molar-refractivity contribution in [3.05, 3.63) is 34.6 Å². The van der Waals surface area contributed by atoms with Gasteiger partial charge in [0.1, 0.15) is 36.5 Å². The van der Waals surface area contributed by atoms with Gasteiger partial charge in [-0.2, -0.15) is 0 Å². The van der Waals surface area contributed by atoms with E-state index in [0.29, 0.717) is 17.1 Å². The number of nitrogens with zero attached hydrogens (tertiary/aromatic N) is 5. The smallest absolute Gasteiger partial charge is 0.352 e. The molecule has 0 aliphatic carbocycles. The highest BCUT2D eigenvalue weighted by Gasteiger charge is 2.55. The van der Waals surface area contributed by atoms with Gasteiger partial charge < -0.3 is 31.8 Å². The fraction of sp³-hybridized carbons (Fsp3) is 0.368. The lowest BCUT2D eigenvalue weighted by Crippen LogP contribution is -2.71. The van der Waals surface area contributed by atoms with Crippen molar-refractivity contribution in [3.63, 3.8) is 0 Å². The average molecular weight is 524 g/mol. The lowest BCUT2D eigenvalue weighted by Gasteiger charge is -2.49. The Morgan fingerprint density at radius 3 is 2.83 bits per heavy atom. The molecule has 0 unspecified atom stereocenters. The summed E-state index contributed by atoms with van der Waals surface area (Å²) in [6.45, 7) is 0.251. The Morgan fingerprint density at radius 2 is 2.20 bits per heavy atom. The molecule has 0 saturated carbocycles. The molecule has 4 heterocycles. The van der Waals surface area contributed by atoms with Crippen molar-refractivity contribution >= 4 is 57.5 Å². The maximum Gasteiger partial charge on any atom is 0.352 e. The predicted octanol–water partition coefficient (Wildman–Crippen LogP) is -1.82. The second kappa shape index (κ2) is 9.93. The third-order valence-electron chi connectivity index (χ3n) is 5.39. The second-order valence-electron chi connectivity index (χ2n) is 7.50. The number of aliphatic hydroxyl groups is 1. The van der Waals surface area contributed by atoms with Crippen LogP contribution in [-0.2, 0) is 32.3 Å². The molecule has 2 atom stereocenters. The van der Waals surface area contributed by atoms with Crippen LogP contribution in [0.2, 0.25) is 0 Å². The van der Waals surface area contributed by atoms with Crippen LogP contribution in [0.3, 0.4) is 0 Å². The number of carbonyl (C=O) groups excluding carboxylic acids is 2. The zero-order chi connectivity index (χ0) is 25.3. The highest BCUT2D eigenvalue weighted by atomic mass is 32.2. The first-order valence-corrected chi connectivity index (χ1v) is 12.2. The van der Waals surface area contributed by atoms with Crippen LogP contribution in [0.5, 0.6) is 0 Å². The van der Waals surface area contributed by atoms with Crippen molar-refractivity contribution in [3.8, 4) is 0 Å². The van der Waals surface area contributed by atoms with E-state index in [1.165, 1.54) is 29.2 Å². The molecular formula is C19H23N8O6S2+. The monoisotopic (exact) mass is 523 g/mol. The minimum atomic E-state index is -1.25. The summed E-state index contributed by atoms with van der Waals surface area (Å²) in [4.78, 5) is 47.9. The van der Waals surface area contributed by atoms with Gasteiger partial charge >= 0.3 is 5.97 Å². The first kappa shape index (κ1) is 24.5. The molecule has 0 bridgehead atoms. The summed E-state index contributed by atoms with van der Waals surface area (Å²) >= 11 is 2.44. The molecule has 4 rings (SSSR count). The molecule has 0 radical (unpaired) electrons. The van der Waals surface area contributed by atoms with E-state index in [0.717, 1.165) is 11.3 Å². The molecule has 14 nitrogen and oxygen atoms in total. The minimum Gasteiger partial charge on any atom is -0.477 e. The number of fused-ring (bicyclic) bond motifs is 1. The molecular weight excluding hydrogens is 500 g/mol. The quantitative estimate of drug-likeness (QED) is 0.108. The maximum atomic E-state index is 13.0. The number of carboxylic acids is 1. The van der Waals surface area contributed by atoms with Gasteiger partial charge in [0.25, 0.3) is 11.8 Å². The van der Waals surface area contributed by atoms with Gasteiger partial charge in [-0.15, -0.1) is 32.5 Å². The maximum absolute atomic E-state index is 13.0. The highest BCUT2D eigenvalue weighted by molar-refractivity contribution is 8.00. The Balaban J connectivity index is 1.54. The molecule has 16 heteroatoms. The van der Waals surface area contributed by atoms with E-state index in [9.17, 15) is 24.6 Å². The van der Waals surface area contributed by atoms with Gasteiger partial charge in [-0.3, -0.25) is 14.5 Å². The Labute approximate surface area is 206 Å². The molecule has 0 aromatic carbocycles. The van der Waals surface area contributed by atoms with Crippen molar-refractivity contribution in [2.24, 2.45) is 5.16 Å². The number of carbonyl (C=O) groups is 3. The van der Waals surface area contributed by atoms with E-state index in [2.05, 4.69) is 15.5 Å². The molecule has 2 aromatic rings. The summed E-state index contributed by atoms with van der Waals surface area (Å²) in [5, 5.41) is 26.7. The lowest BCUT2D eigenvalue weighted by molar-refractivity contribution is -0.767. The topological polar surface area (TPSA) is 202 Å². The summed E-state index contributed by atoms with van der Waals surface area (Å²) in [6.07, 6.45) is 1.68. The van der Waals surface area contributed by atoms with Gasteiger partial charge in [0, 0.05) is 16.7 Å². The van der Waals surface area contributed by atoms with Crippen LogP contribution < -0.4 is 21.5 Å². The van der Waals surface area contributed by atoms with Crippen molar-refractivity contribution in [2.45, 2.75) is 24.5 Å². The van der Waals surface area contributed by atoms with Gasteiger partial charge in [0.2, 0.25) is 0 Å². The summed E-state index contributed by atoms with van der Waals surface area (Å²) in [5.41, 5.74) is 12.0. The summed E-state index contributed by atoms with van der Waals surface area (Å²) < 4.78 is 3.30. The normalized spacial score (nSPS) is 19.9.